The lowest BCUT2D eigenvalue weighted by Crippen LogP contribution is -2.45. The maximum absolute atomic E-state index is 6.29. The summed E-state index contributed by atoms with van der Waals surface area (Å²) in [5, 5.41) is 0. The van der Waals surface area contributed by atoms with Crippen molar-refractivity contribution in [2.75, 3.05) is 24.6 Å². The maximum atomic E-state index is 6.29. The number of benzene rings is 3. The fraction of sp³-hybridized carbons (Fsp3) is 0.379. The Balaban J connectivity index is 1.47. The number of nitrogens with zero attached hydrogens (tertiary/aromatic N) is 1. The van der Waals surface area contributed by atoms with Gasteiger partial charge in [-0.2, -0.15) is 0 Å². The Hall–Kier alpha value is -2.82. The largest absolute Gasteiger partial charge is 0.489 e. The lowest BCUT2D eigenvalue weighted by Gasteiger charge is -2.38. The molecule has 3 aromatic carbocycles. The Morgan fingerprint density at radius 2 is 1.88 bits per heavy atom. The minimum atomic E-state index is 0.00990. The number of anilines is 1. The average Bonchev–Trinajstić information content (AvgIpc) is 3.30. The predicted molar refractivity (Wildman–Crippen MR) is 135 cm³/mol. The van der Waals surface area contributed by atoms with Gasteiger partial charge in [-0.1, -0.05) is 43.3 Å². The van der Waals surface area contributed by atoms with E-state index in [4.69, 9.17) is 15.2 Å². The molecule has 2 N–H and O–H groups in total. The van der Waals surface area contributed by atoms with E-state index in [1.807, 2.05) is 13.0 Å². The molecule has 0 radical (unpaired) electrons. The minimum Gasteiger partial charge on any atom is -0.489 e. The van der Waals surface area contributed by atoms with Crippen LogP contribution in [-0.4, -0.2) is 25.3 Å². The van der Waals surface area contributed by atoms with E-state index in [0.717, 1.165) is 43.9 Å². The van der Waals surface area contributed by atoms with E-state index in [1.54, 1.807) is 0 Å². The quantitative estimate of drug-likeness (QED) is 0.496. The molecule has 0 aliphatic carbocycles. The van der Waals surface area contributed by atoms with Gasteiger partial charge in [-0.3, -0.25) is 0 Å². The van der Waals surface area contributed by atoms with Crippen molar-refractivity contribution in [1.29, 1.82) is 0 Å². The van der Waals surface area contributed by atoms with Gasteiger partial charge in [-0.25, -0.2) is 0 Å². The normalized spacial score (nSPS) is 20.6. The van der Waals surface area contributed by atoms with Gasteiger partial charge in [0.05, 0.1) is 12.2 Å². The molecule has 2 saturated heterocycles. The number of hydrogen-bond acceptors (Lipinski definition) is 4. The molecule has 3 aromatic rings. The monoisotopic (exact) mass is 442 g/mol. The summed E-state index contributed by atoms with van der Waals surface area (Å²) in [6, 6.07) is 23.7. The Kier molecular flexibility index (Phi) is 6.13. The summed E-state index contributed by atoms with van der Waals surface area (Å²) in [4.78, 5) is 2.47. The van der Waals surface area contributed by atoms with Crippen molar-refractivity contribution in [1.82, 2.24) is 0 Å². The van der Waals surface area contributed by atoms with E-state index in [0.29, 0.717) is 6.61 Å². The van der Waals surface area contributed by atoms with Crippen molar-refractivity contribution in [3.63, 3.8) is 0 Å². The van der Waals surface area contributed by atoms with Crippen molar-refractivity contribution in [3.05, 3.63) is 83.4 Å². The van der Waals surface area contributed by atoms with E-state index < -0.39 is 0 Å². The van der Waals surface area contributed by atoms with Crippen LogP contribution in [-0.2, 0) is 17.8 Å². The van der Waals surface area contributed by atoms with E-state index in [2.05, 4.69) is 72.5 Å². The molecule has 5 rings (SSSR count). The number of rotatable bonds is 7. The first-order chi connectivity index (χ1) is 16.0. The first-order valence-corrected chi connectivity index (χ1v) is 12.1. The summed E-state index contributed by atoms with van der Waals surface area (Å²) < 4.78 is 12.3. The number of hydrogen-bond donors (Lipinski definition) is 1. The number of ether oxygens (including phenoxy) is 2. The summed E-state index contributed by atoms with van der Waals surface area (Å²) in [6.07, 6.45) is 3.23. The molecule has 0 aromatic heterocycles. The zero-order valence-corrected chi connectivity index (χ0v) is 19.7. The Bertz CT molecular complexity index is 1120. The highest BCUT2D eigenvalue weighted by molar-refractivity contribution is 5.71. The van der Waals surface area contributed by atoms with Gasteiger partial charge in [0.15, 0.2) is 0 Å². The zero-order chi connectivity index (χ0) is 22.8. The van der Waals surface area contributed by atoms with Crippen molar-refractivity contribution in [2.24, 2.45) is 5.73 Å². The van der Waals surface area contributed by atoms with Gasteiger partial charge in [0.2, 0.25) is 0 Å². The van der Waals surface area contributed by atoms with Gasteiger partial charge >= 0.3 is 0 Å². The molecule has 0 saturated carbocycles. The number of aryl methyl sites for hydroxylation is 1. The van der Waals surface area contributed by atoms with Crippen LogP contribution in [0, 0.1) is 0 Å². The SMILES string of the molecule is CCc1ccccc1OCc1cc(-c2cccc(C(C)N)c2)cc(N2CCC3(CCO3)C2)c1. The Morgan fingerprint density at radius 3 is 2.61 bits per heavy atom. The predicted octanol–water partition coefficient (Wildman–Crippen LogP) is 5.88. The van der Waals surface area contributed by atoms with Crippen molar-refractivity contribution < 1.29 is 9.47 Å². The molecule has 4 nitrogen and oxygen atoms in total. The molecule has 2 heterocycles. The van der Waals surface area contributed by atoms with Gasteiger partial charge in [0.1, 0.15) is 12.4 Å². The molecule has 2 unspecified atom stereocenters. The van der Waals surface area contributed by atoms with Gasteiger partial charge in [-0.05, 0) is 77.9 Å². The fourth-order valence-electron chi connectivity index (χ4n) is 4.98. The van der Waals surface area contributed by atoms with Crippen LogP contribution in [0.5, 0.6) is 5.75 Å². The highest BCUT2D eigenvalue weighted by Gasteiger charge is 2.44. The van der Waals surface area contributed by atoms with Crippen LogP contribution < -0.4 is 15.4 Å². The van der Waals surface area contributed by atoms with E-state index >= 15 is 0 Å². The van der Waals surface area contributed by atoms with Gasteiger partial charge in [-0.15, -0.1) is 0 Å². The average molecular weight is 443 g/mol. The van der Waals surface area contributed by atoms with Crippen LogP contribution in [0.15, 0.2) is 66.7 Å². The summed E-state index contributed by atoms with van der Waals surface area (Å²) in [6.45, 7) is 7.63. The molecule has 4 heteroatoms. The Labute approximate surface area is 197 Å². The standard InChI is InChI=1S/C29H34N2O2/c1-3-23-7-4-5-10-28(23)32-19-22-15-26(25-9-6-8-24(17-25)21(2)30)18-27(16-22)31-13-11-29(20-31)12-14-33-29/h4-10,15-18,21H,3,11-14,19-20,30H2,1-2H3. The molecule has 2 atom stereocenters. The lowest BCUT2D eigenvalue weighted by atomic mass is 9.94. The molecular formula is C29H34N2O2. The molecular weight excluding hydrogens is 408 g/mol. The molecule has 0 bridgehead atoms. The first kappa shape index (κ1) is 22.0. The Morgan fingerprint density at radius 1 is 1.03 bits per heavy atom. The van der Waals surface area contributed by atoms with Crippen molar-refractivity contribution in [3.8, 4) is 16.9 Å². The number of nitrogens with two attached hydrogens (primary N) is 1. The first-order valence-electron chi connectivity index (χ1n) is 12.1. The topological polar surface area (TPSA) is 47.7 Å². The third-order valence-corrected chi connectivity index (χ3v) is 7.12. The van der Waals surface area contributed by atoms with Gasteiger partial charge in [0, 0.05) is 31.2 Å². The van der Waals surface area contributed by atoms with Gasteiger partial charge in [0.25, 0.3) is 0 Å². The third-order valence-electron chi connectivity index (χ3n) is 7.12. The molecule has 2 aliphatic rings. The fourth-order valence-corrected chi connectivity index (χ4v) is 4.98. The number of para-hydroxylation sites is 1. The van der Waals surface area contributed by atoms with Crippen LogP contribution in [0.4, 0.5) is 5.69 Å². The van der Waals surface area contributed by atoms with E-state index in [1.165, 1.54) is 34.4 Å². The third kappa shape index (κ3) is 4.64. The van der Waals surface area contributed by atoms with Gasteiger partial charge < -0.3 is 20.1 Å². The molecule has 33 heavy (non-hydrogen) atoms. The molecule has 1 spiro atoms. The maximum Gasteiger partial charge on any atom is 0.122 e. The second kappa shape index (κ2) is 9.20. The van der Waals surface area contributed by atoms with Crippen molar-refractivity contribution >= 4 is 5.69 Å². The molecule has 2 aliphatic heterocycles. The summed E-state index contributed by atoms with van der Waals surface area (Å²) >= 11 is 0. The van der Waals surface area contributed by atoms with E-state index in [9.17, 15) is 0 Å². The van der Waals surface area contributed by atoms with E-state index in [-0.39, 0.29) is 11.6 Å². The summed E-state index contributed by atoms with van der Waals surface area (Å²) in [5.41, 5.74) is 13.4. The van der Waals surface area contributed by atoms with Crippen LogP contribution in [0.1, 0.15) is 49.4 Å². The summed E-state index contributed by atoms with van der Waals surface area (Å²) in [5.74, 6) is 0.967. The smallest absolute Gasteiger partial charge is 0.122 e. The second-order valence-corrected chi connectivity index (χ2v) is 9.51. The molecule has 172 valence electrons. The van der Waals surface area contributed by atoms with Crippen LogP contribution in [0.25, 0.3) is 11.1 Å². The second-order valence-electron chi connectivity index (χ2n) is 9.51. The minimum absolute atomic E-state index is 0.00990. The summed E-state index contributed by atoms with van der Waals surface area (Å²) in [7, 11) is 0. The zero-order valence-electron chi connectivity index (χ0n) is 19.7. The highest BCUT2D eigenvalue weighted by Crippen LogP contribution is 2.39. The highest BCUT2D eigenvalue weighted by atomic mass is 16.5. The molecule has 2 fully saturated rings. The van der Waals surface area contributed by atoms with Crippen LogP contribution >= 0.6 is 0 Å². The molecule has 0 amide bonds. The lowest BCUT2D eigenvalue weighted by molar-refractivity contribution is -0.130. The van der Waals surface area contributed by atoms with Crippen LogP contribution in [0.3, 0.4) is 0 Å². The van der Waals surface area contributed by atoms with Crippen LogP contribution in [0.2, 0.25) is 0 Å². The van der Waals surface area contributed by atoms with Crippen molar-refractivity contribution in [2.45, 2.75) is 51.4 Å².